The van der Waals surface area contributed by atoms with Gasteiger partial charge in [-0.15, -0.1) is 0 Å². The van der Waals surface area contributed by atoms with Gasteiger partial charge in [0.1, 0.15) is 18.9 Å². The summed E-state index contributed by atoms with van der Waals surface area (Å²) < 4.78 is 6.90. The van der Waals surface area contributed by atoms with Crippen molar-refractivity contribution in [3.05, 3.63) is 63.5 Å². The van der Waals surface area contributed by atoms with Gasteiger partial charge in [0.25, 0.3) is 11.5 Å². The Hall–Kier alpha value is -2.78. The first-order valence-electron chi connectivity index (χ1n) is 6.85. The van der Waals surface area contributed by atoms with Crippen molar-refractivity contribution >= 4 is 17.5 Å². The van der Waals surface area contributed by atoms with Crippen LogP contribution in [0.4, 0.5) is 0 Å². The van der Waals surface area contributed by atoms with Crippen LogP contribution in [0.5, 0.6) is 5.75 Å². The topological polar surface area (TPSA) is 84.1 Å². The zero-order valence-electron chi connectivity index (χ0n) is 12.2. The molecule has 0 bridgehead atoms. The van der Waals surface area contributed by atoms with Crippen molar-refractivity contribution in [1.82, 2.24) is 9.88 Å². The number of carbonyl (C=O) groups excluding carboxylic acids is 1. The Balaban J connectivity index is 2.02. The van der Waals surface area contributed by atoms with E-state index in [1.165, 1.54) is 22.9 Å². The van der Waals surface area contributed by atoms with Gasteiger partial charge in [-0.05, 0) is 18.2 Å². The van der Waals surface area contributed by atoms with Crippen LogP contribution < -0.4 is 15.6 Å². The van der Waals surface area contributed by atoms with E-state index in [9.17, 15) is 9.59 Å². The molecule has 0 aliphatic heterocycles. The monoisotopic (exact) mass is 331 g/mol. The van der Waals surface area contributed by atoms with Crippen LogP contribution in [0.3, 0.4) is 0 Å². The molecule has 0 saturated carbocycles. The first-order valence-corrected chi connectivity index (χ1v) is 7.22. The number of carbonyl (C=O) groups is 1. The SMILES string of the molecule is N#CCNC(=O)c1ccc(=O)n(CCOc2ccccc2Cl)c1. The number of hydrogen-bond donors (Lipinski definition) is 1. The second-order valence-corrected chi connectivity index (χ2v) is 4.98. The summed E-state index contributed by atoms with van der Waals surface area (Å²) in [7, 11) is 0. The van der Waals surface area contributed by atoms with Crippen molar-refractivity contribution in [1.29, 1.82) is 5.26 Å². The lowest BCUT2D eigenvalue weighted by atomic mass is 10.2. The molecule has 1 aromatic carbocycles. The summed E-state index contributed by atoms with van der Waals surface area (Å²) in [6.45, 7) is 0.407. The van der Waals surface area contributed by atoms with Gasteiger partial charge in [-0.25, -0.2) is 0 Å². The highest BCUT2D eigenvalue weighted by molar-refractivity contribution is 6.32. The van der Waals surface area contributed by atoms with Crippen LogP contribution in [-0.2, 0) is 6.54 Å². The molecule has 0 spiro atoms. The molecule has 23 heavy (non-hydrogen) atoms. The summed E-state index contributed by atoms with van der Waals surface area (Å²) >= 11 is 5.98. The van der Waals surface area contributed by atoms with Crippen molar-refractivity contribution in [2.45, 2.75) is 6.54 Å². The van der Waals surface area contributed by atoms with E-state index in [-0.39, 0.29) is 25.3 Å². The van der Waals surface area contributed by atoms with Crippen molar-refractivity contribution < 1.29 is 9.53 Å². The molecule has 1 aromatic heterocycles. The predicted molar refractivity (Wildman–Crippen MR) is 85.6 cm³/mol. The predicted octanol–water partition coefficient (Wildman–Crippen LogP) is 1.83. The molecule has 7 heteroatoms. The number of aromatic nitrogens is 1. The average molecular weight is 332 g/mol. The molecule has 0 aliphatic carbocycles. The number of ether oxygens (including phenoxy) is 1. The number of benzene rings is 1. The molecule has 1 heterocycles. The zero-order valence-corrected chi connectivity index (χ0v) is 12.9. The zero-order chi connectivity index (χ0) is 16.7. The number of amides is 1. The molecule has 0 atom stereocenters. The molecular formula is C16H14ClN3O3. The Bertz CT molecular complexity index is 796. The van der Waals surface area contributed by atoms with Gasteiger partial charge in [0.2, 0.25) is 0 Å². The van der Waals surface area contributed by atoms with E-state index in [0.29, 0.717) is 16.3 Å². The van der Waals surface area contributed by atoms with Gasteiger partial charge >= 0.3 is 0 Å². The van der Waals surface area contributed by atoms with Crippen molar-refractivity contribution in [3.8, 4) is 11.8 Å². The number of nitriles is 1. The molecule has 2 rings (SSSR count). The van der Waals surface area contributed by atoms with Gasteiger partial charge in [0.05, 0.1) is 23.2 Å². The number of pyridine rings is 1. The van der Waals surface area contributed by atoms with Crippen LogP contribution in [0.1, 0.15) is 10.4 Å². The first kappa shape index (κ1) is 16.6. The molecule has 1 amide bonds. The average Bonchev–Trinajstić information content (AvgIpc) is 2.56. The van der Waals surface area contributed by atoms with E-state index in [2.05, 4.69) is 5.32 Å². The number of halogens is 1. The first-order chi connectivity index (χ1) is 11.1. The van der Waals surface area contributed by atoms with Crippen molar-refractivity contribution in [2.24, 2.45) is 0 Å². The molecular weight excluding hydrogens is 318 g/mol. The summed E-state index contributed by atoms with van der Waals surface area (Å²) in [5, 5.41) is 11.4. The van der Waals surface area contributed by atoms with Crippen molar-refractivity contribution in [2.75, 3.05) is 13.2 Å². The van der Waals surface area contributed by atoms with Crippen LogP contribution in [-0.4, -0.2) is 23.6 Å². The lowest BCUT2D eigenvalue weighted by molar-refractivity contribution is 0.0957. The number of hydrogen-bond acceptors (Lipinski definition) is 4. The van der Waals surface area contributed by atoms with Crippen molar-refractivity contribution in [3.63, 3.8) is 0 Å². The largest absolute Gasteiger partial charge is 0.490 e. The summed E-state index contributed by atoms with van der Waals surface area (Å²) in [5.74, 6) is 0.123. The van der Waals surface area contributed by atoms with E-state index in [4.69, 9.17) is 21.6 Å². The van der Waals surface area contributed by atoms with Crippen LogP contribution in [0.2, 0.25) is 5.02 Å². The third-order valence-corrected chi connectivity index (χ3v) is 3.31. The highest BCUT2D eigenvalue weighted by Gasteiger charge is 2.07. The molecule has 1 N–H and O–H groups in total. The van der Waals surface area contributed by atoms with E-state index in [0.717, 1.165) is 0 Å². The van der Waals surface area contributed by atoms with E-state index < -0.39 is 5.91 Å². The lowest BCUT2D eigenvalue weighted by Crippen LogP contribution is -2.27. The highest BCUT2D eigenvalue weighted by Crippen LogP contribution is 2.22. The fourth-order valence-corrected chi connectivity index (χ4v) is 2.07. The van der Waals surface area contributed by atoms with Gasteiger partial charge in [0.15, 0.2) is 0 Å². The fraction of sp³-hybridized carbons (Fsp3) is 0.188. The highest BCUT2D eigenvalue weighted by atomic mass is 35.5. The third-order valence-electron chi connectivity index (χ3n) is 3.00. The smallest absolute Gasteiger partial charge is 0.253 e. The van der Waals surface area contributed by atoms with Crippen LogP contribution in [0.25, 0.3) is 0 Å². The molecule has 0 saturated heterocycles. The Morgan fingerprint density at radius 3 is 2.83 bits per heavy atom. The Labute approximate surface area is 137 Å². The summed E-state index contributed by atoms with van der Waals surface area (Å²) in [5.41, 5.74) is 0.0576. The minimum Gasteiger partial charge on any atom is -0.490 e. The van der Waals surface area contributed by atoms with E-state index >= 15 is 0 Å². The minimum atomic E-state index is -0.410. The molecule has 0 fully saturated rings. The summed E-state index contributed by atoms with van der Waals surface area (Å²) in [4.78, 5) is 23.6. The Kier molecular flexibility index (Phi) is 5.78. The van der Waals surface area contributed by atoms with Crippen LogP contribution in [0, 0.1) is 11.3 Å². The lowest BCUT2D eigenvalue weighted by Gasteiger charge is -2.10. The normalized spacial score (nSPS) is 9.91. The molecule has 0 radical (unpaired) electrons. The van der Waals surface area contributed by atoms with Gasteiger partial charge in [0, 0.05) is 12.3 Å². The standard InChI is InChI=1S/C16H14ClN3O3/c17-13-3-1-2-4-14(13)23-10-9-20-11-12(5-6-15(20)21)16(22)19-8-7-18/h1-6,11H,8-10H2,(H,19,22). The second kappa shape index (κ2) is 8.01. The van der Waals surface area contributed by atoms with Gasteiger partial charge in [-0.1, -0.05) is 23.7 Å². The molecule has 2 aromatic rings. The quantitative estimate of drug-likeness (QED) is 0.818. The minimum absolute atomic E-state index is 0.0897. The summed E-state index contributed by atoms with van der Waals surface area (Å²) in [6.07, 6.45) is 1.44. The van der Waals surface area contributed by atoms with Crippen LogP contribution >= 0.6 is 11.6 Å². The molecule has 0 unspecified atom stereocenters. The Morgan fingerprint density at radius 2 is 2.09 bits per heavy atom. The van der Waals surface area contributed by atoms with Gasteiger partial charge in [-0.3, -0.25) is 9.59 Å². The third kappa shape index (κ3) is 4.59. The maximum absolute atomic E-state index is 11.8. The molecule has 118 valence electrons. The number of nitrogens with zero attached hydrogens (tertiary/aromatic N) is 2. The Morgan fingerprint density at radius 1 is 1.30 bits per heavy atom. The van der Waals surface area contributed by atoms with Crippen LogP contribution in [0.15, 0.2) is 47.4 Å². The molecule has 6 nitrogen and oxygen atoms in total. The maximum Gasteiger partial charge on any atom is 0.253 e. The van der Waals surface area contributed by atoms with Gasteiger partial charge < -0.3 is 14.6 Å². The van der Waals surface area contributed by atoms with Gasteiger partial charge in [-0.2, -0.15) is 5.26 Å². The number of para-hydroxylation sites is 1. The number of rotatable bonds is 6. The fourth-order valence-electron chi connectivity index (χ4n) is 1.88. The maximum atomic E-state index is 11.8. The summed E-state index contributed by atoms with van der Waals surface area (Å²) in [6, 6.07) is 11.6. The second-order valence-electron chi connectivity index (χ2n) is 4.57. The molecule has 0 aliphatic rings. The van der Waals surface area contributed by atoms with E-state index in [1.54, 1.807) is 24.3 Å². The van der Waals surface area contributed by atoms with E-state index in [1.807, 2.05) is 6.07 Å². The number of nitrogens with one attached hydrogen (secondary N) is 1.